The molecule has 0 aliphatic carbocycles. The number of oxazole rings is 1. The van der Waals surface area contributed by atoms with E-state index in [2.05, 4.69) is 20.9 Å². The highest BCUT2D eigenvalue weighted by molar-refractivity contribution is 9.10. The fraction of sp³-hybridized carbons (Fsp3) is 0. The number of nitrogens with zero attached hydrogens (tertiary/aromatic N) is 1. The zero-order chi connectivity index (χ0) is 14.1. The van der Waals surface area contributed by atoms with Crippen molar-refractivity contribution in [2.45, 2.75) is 0 Å². The molecule has 3 rings (SSSR count). The summed E-state index contributed by atoms with van der Waals surface area (Å²) >= 11 is 3.37. The van der Waals surface area contributed by atoms with Crippen LogP contribution in [0, 0.1) is 0 Å². The molecule has 0 atom stereocenters. The van der Waals surface area contributed by atoms with Gasteiger partial charge in [-0.15, -0.1) is 0 Å². The monoisotopic (exact) mass is 332 g/mol. The average molecular weight is 333 g/mol. The van der Waals surface area contributed by atoms with Gasteiger partial charge >= 0.3 is 0 Å². The van der Waals surface area contributed by atoms with Crippen LogP contribution < -0.4 is 5.48 Å². The second-order valence-corrected chi connectivity index (χ2v) is 5.07. The van der Waals surface area contributed by atoms with Gasteiger partial charge in [-0.2, -0.15) is 0 Å². The Hall–Kier alpha value is -2.18. The third kappa shape index (κ3) is 2.31. The normalized spacial score (nSPS) is 10.7. The summed E-state index contributed by atoms with van der Waals surface area (Å²) in [5.41, 5.74) is 3.89. The Bertz CT molecular complexity index is 781. The first-order chi connectivity index (χ1) is 9.67. The van der Waals surface area contributed by atoms with Crippen molar-refractivity contribution in [1.82, 2.24) is 10.5 Å². The lowest BCUT2D eigenvalue weighted by molar-refractivity contribution is 0.0706. The van der Waals surface area contributed by atoms with E-state index in [0.29, 0.717) is 22.6 Å². The second kappa shape index (κ2) is 5.07. The molecule has 0 aliphatic rings. The number of aromatic nitrogens is 1. The maximum Gasteiger partial charge on any atom is 0.274 e. The Kier molecular flexibility index (Phi) is 3.25. The minimum Gasteiger partial charge on any atom is -0.436 e. The molecule has 0 aliphatic heterocycles. The Morgan fingerprint density at radius 3 is 2.65 bits per heavy atom. The fourth-order valence-electron chi connectivity index (χ4n) is 1.85. The fourth-order valence-corrected chi connectivity index (χ4v) is 2.11. The van der Waals surface area contributed by atoms with Gasteiger partial charge < -0.3 is 4.42 Å². The lowest BCUT2D eigenvalue weighted by Gasteiger charge is -1.96. The van der Waals surface area contributed by atoms with Gasteiger partial charge in [-0.25, -0.2) is 10.5 Å². The molecule has 0 spiro atoms. The van der Waals surface area contributed by atoms with Gasteiger partial charge in [0.25, 0.3) is 5.91 Å². The number of fused-ring (bicyclic) bond motifs is 1. The van der Waals surface area contributed by atoms with Gasteiger partial charge in [0.2, 0.25) is 5.89 Å². The molecule has 1 heterocycles. The number of rotatable bonds is 2. The van der Waals surface area contributed by atoms with Crippen LogP contribution in [-0.4, -0.2) is 16.1 Å². The zero-order valence-corrected chi connectivity index (χ0v) is 11.7. The molecule has 0 bridgehead atoms. The van der Waals surface area contributed by atoms with Crippen molar-refractivity contribution in [3.63, 3.8) is 0 Å². The summed E-state index contributed by atoms with van der Waals surface area (Å²) in [6, 6.07) is 12.3. The summed E-state index contributed by atoms with van der Waals surface area (Å²) in [5, 5.41) is 8.62. The smallest absolute Gasteiger partial charge is 0.274 e. The van der Waals surface area contributed by atoms with Crippen LogP contribution in [0.25, 0.3) is 22.6 Å². The van der Waals surface area contributed by atoms with Crippen molar-refractivity contribution in [2.75, 3.05) is 0 Å². The van der Waals surface area contributed by atoms with Gasteiger partial charge in [0.1, 0.15) is 5.52 Å². The minimum absolute atomic E-state index is 0.315. The lowest BCUT2D eigenvalue weighted by atomic mass is 10.2. The molecule has 1 aromatic heterocycles. The molecule has 6 heteroatoms. The molecule has 0 fully saturated rings. The number of hydroxylamine groups is 1. The van der Waals surface area contributed by atoms with Crippen LogP contribution in [0.4, 0.5) is 0 Å². The first-order valence-corrected chi connectivity index (χ1v) is 6.57. The number of halogens is 1. The molecular weight excluding hydrogens is 324 g/mol. The van der Waals surface area contributed by atoms with E-state index in [4.69, 9.17) is 9.62 Å². The molecule has 1 amide bonds. The molecule has 2 N–H and O–H groups in total. The van der Waals surface area contributed by atoms with Gasteiger partial charge in [-0.05, 0) is 42.5 Å². The van der Waals surface area contributed by atoms with E-state index < -0.39 is 5.91 Å². The molecule has 3 aromatic rings. The third-order valence-corrected chi connectivity index (χ3v) is 3.37. The summed E-state index contributed by atoms with van der Waals surface area (Å²) < 4.78 is 6.61. The Labute approximate surface area is 122 Å². The van der Waals surface area contributed by atoms with E-state index in [-0.39, 0.29) is 0 Å². The van der Waals surface area contributed by atoms with Crippen molar-refractivity contribution in [3.8, 4) is 11.5 Å². The number of carbonyl (C=O) groups is 1. The van der Waals surface area contributed by atoms with E-state index in [1.807, 2.05) is 24.3 Å². The van der Waals surface area contributed by atoms with Crippen molar-refractivity contribution in [2.24, 2.45) is 0 Å². The quantitative estimate of drug-likeness (QED) is 0.557. The van der Waals surface area contributed by atoms with Gasteiger partial charge in [-0.3, -0.25) is 10.0 Å². The molecule has 2 aromatic carbocycles. The Morgan fingerprint density at radius 1 is 1.20 bits per heavy atom. The Balaban J connectivity index is 2.06. The number of carbonyl (C=O) groups excluding carboxylic acids is 1. The van der Waals surface area contributed by atoms with Crippen LogP contribution in [0.3, 0.4) is 0 Å². The first kappa shape index (κ1) is 12.8. The van der Waals surface area contributed by atoms with E-state index in [0.717, 1.165) is 10.0 Å². The maximum absolute atomic E-state index is 11.3. The predicted octanol–water partition coefficient (Wildman–Crippen LogP) is 3.38. The SMILES string of the molecule is O=C(NO)c1ccc2oc(-c3ccc(Br)cc3)nc2c1. The van der Waals surface area contributed by atoms with Gasteiger partial charge in [-0.1, -0.05) is 15.9 Å². The molecule has 0 saturated heterocycles. The van der Waals surface area contributed by atoms with Gasteiger partial charge in [0, 0.05) is 15.6 Å². The van der Waals surface area contributed by atoms with E-state index in [1.54, 1.807) is 23.7 Å². The molecule has 0 radical (unpaired) electrons. The summed E-state index contributed by atoms with van der Waals surface area (Å²) in [4.78, 5) is 15.7. The van der Waals surface area contributed by atoms with E-state index in [9.17, 15) is 4.79 Å². The van der Waals surface area contributed by atoms with Crippen LogP contribution in [-0.2, 0) is 0 Å². The van der Waals surface area contributed by atoms with Crippen molar-refractivity contribution >= 4 is 32.9 Å². The van der Waals surface area contributed by atoms with E-state index in [1.165, 1.54) is 0 Å². The summed E-state index contributed by atoms with van der Waals surface area (Å²) in [6.45, 7) is 0. The topological polar surface area (TPSA) is 75.4 Å². The van der Waals surface area contributed by atoms with Crippen LogP contribution >= 0.6 is 15.9 Å². The molecular formula is C14H9BrN2O3. The predicted molar refractivity (Wildman–Crippen MR) is 76.4 cm³/mol. The number of amides is 1. The average Bonchev–Trinajstić information content (AvgIpc) is 2.90. The number of hydrogen-bond acceptors (Lipinski definition) is 4. The molecule has 20 heavy (non-hydrogen) atoms. The third-order valence-electron chi connectivity index (χ3n) is 2.84. The molecule has 0 saturated carbocycles. The standard InChI is InChI=1S/C14H9BrN2O3/c15-10-4-1-8(2-5-10)14-16-11-7-9(13(18)17-19)3-6-12(11)20-14/h1-7,19H,(H,17,18). The summed E-state index contributed by atoms with van der Waals surface area (Å²) in [7, 11) is 0. The minimum atomic E-state index is -0.583. The number of benzene rings is 2. The van der Waals surface area contributed by atoms with Gasteiger partial charge in [0.15, 0.2) is 5.58 Å². The van der Waals surface area contributed by atoms with Crippen molar-refractivity contribution in [3.05, 3.63) is 52.5 Å². The maximum atomic E-state index is 11.3. The summed E-state index contributed by atoms with van der Waals surface area (Å²) in [5.74, 6) is -0.103. The van der Waals surface area contributed by atoms with Crippen molar-refractivity contribution in [1.29, 1.82) is 0 Å². The number of hydrogen-bond donors (Lipinski definition) is 2. The lowest BCUT2D eigenvalue weighted by Crippen LogP contribution is -2.18. The van der Waals surface area contributed by atoms with Crippen LogP contribution in [0.1, 0.15) is 10.4 Å². The highest BCUT2D eigenvalue weighted by atomic mass is 79.9. The second-order valence-electron chi connectivity index (χ2n) is 4.15. The van der Waals surface area contributed by atoms with Crippen LogP contribution in [0.15, 0.2) is 51.4 Å². The van der Waals surface area contributed by atoms with E-state index >= 15 is 0 Å². The summed E-state index contributed by atoms with van der Waals surface area (Å²) in [6.07, 6.45) is 0. The number of nitrogens with one attached hydrogen (secondary N) is 1. The van der Waals surface area contributed by atoms with Gasteiger partial charge in [0.05, 0.1) is 0 Å². The highest BCUT2D eigenvalue weighted by Crippen LogP contribution is 2.26. The largest absolute Gasteiger partial charge is 0.436 e. The first-order valence-electron chi connectivity index (χ1n) is 5.78. The Morgan fingerprint density at radius 2 is 1.95 bits per heavy atom. The molecule has 0 unspecified atom stereocenters. The molecule has 100 valence electrons. The zero-order valence-electron chi connectivity index (χ0n) is 10.1. The van der Waals surface area contributed by atoms with Crippen LogP contribution in [0.5, 0.6) is 0 Å². The van der Waals surface area contributed by atoms with Crippen LogP contribution in [0.2, 0.25) is 0 Å². The van der Waals surface area contributed by atoms with Crippen molar-refractivity contribution < 1.29 is 14.4 Å². The highest BCUT2D eigenvalue weighted by Gasteiger charge is 2.11. The molecule has 5 nitrogen and oxygen atoms in total.